The first-order valence-corrected chi connectivity index (χ1v) is 5.31. The molecule has 2 heterocycles. The predicted molar refractivity (Wildman–Crippen MR) is 62.1 cm³/mol. The van der Waals surface area contributed by atoms with Crippen LogP contribution in [0.15, 0.2) is 23.0 Å². The quantitative estimate of drug-likeness (QED) is 0.586. The van der Waals surface area contributed by atoms with Gasteiger partial charge in [-0.05, 0) is 13.1 Å². The number of H-pyrrole nitrogens is 1. The third-order valence-electron chi connectivity index (χ3n) is 2.32. The smallest absolute Gasteiger partial charge is 0.493 e. The highest BCUT2D eigenvalue weighted by Gasteiger charge is 2.34. The number of nitrogens with zero attached hydrogens (tertiary/aromatic N) is 1. The fourth-order valence-corrected chi connectivity index (χ4v) is 1.56. The van der Waals surface area contributed by atoms with Crippen LogP contribution in [0, 0.1) is 0 Å². The lowest BCUT2D eigenvalue weighted by Crippen LogP contribution is -2.49. The van der Waals surface area contributed by atoms with Gasteiger partial charge in [0.2, 0.25) is 5.56 Å². The van der Waals surface area contributed by atoms with Crippen LogP contribution < -0.4 is 11.2 Å². The van der Waals surface area contributed by atoms with Crippen molar-refractivity contribution in [3.63, 3.8) is 0 Å². The number of pyridine rings is 1. The standard InChI is InChI=1S/C10H11BN2O5/c1-13-5-9(15)17-11(18-10(16)6-13)7-3-2-4-8(14)12-7/h2-4H,5-6H2,1H3,(H,12,14). The van der Waals surface area contributed by atoms with E-state index in [0.717, 1.165) is 0 Å². The Morgan fingerprint density at radius 2 is 1.78 bits per heavy atom. The average Bonchev–Trinajstić information content (AvgIpc) is 2.25. The summed E-state index contributed by atoms with van der Waals surface area (Å²) in [4.78, 5) is 38.0. The number of hydrogen-bond donors (Lipinski definition) is 1. The van der Waals surface area contributed by atoms with Crippen molar-refractivity contribution in [3.05, 3.63) is 28.6 Å². The Morgan fingerprint density at radius 1 is 1.17 bits per heavy atom. The number of nitrogens with one attached hydrogen (secondary N) is 1. The van der Waals surface area contributed by atoms with E-state index in [0.29, 0.717) is 0 Å². The number of aromatic amines is 1. The zero-order chi connectivity index (χ0) is 13.1. The van der Waals surface area contributed by atoms with E-state index in [4.69, 9.17) is 9.31 Å². The molecule has 94 valence electrons. The molecule has 0 amide bonds. The molecule has 2 rings (SSSR count). The Balaban J connectivity index is 2.23. The Morgan fingerprint density at radius 3 is 2.33 bits per heavy atom. The van der Waals surface area contributed by atoms with Gasteiger partial charge in [0.05, 0.1) is 18.7 Å². The van der Waals surface area contributed by atoms with Gasteiger partial charge in [0.15, 0.2) is 0 Å². The lowest BCUT2D eigenvalue weighted by atomic mass is 9.83. The maximum absolute atomic E-state index is 11.5. The number of carbonyl (C=O) groups is 2. The maximum Gasteiger partial charge on any atom is 0.653 e. The van der Waals surface area contributed by atoms with Crippen LogP contribution in [-0.2, 0) is 18.9 Å². The molecule has 0 atom stereocenters. The van der Waals surface area contributed by atoms with Crippen LogP contribution in [0.5, 0.6) is 0 Å². The van der Waals surface area contributed by atoms with Gasteiger partial charge in [-0.3, -0.25) is 19.3 Å². The Kier molecular flexibility index (Phi) is 3.47. The van der Waals surface area contributed by atoms with E-state index in [9.17, 15) is 14.4 Å². The molecule has 0 aromatic carbocycles. The van der Waals surface area contributed by atoms with Crippen LogP contribution in [0.25, 0.3) is 0 Å². The highest BCUT2D eigenvalue weighted by Crippen LogP contribution is 1.99. The number of likely N-dealkylation sites (N-methyl/N-ethyl adjacent to an activating group) is 1. The summed E-state index contributed by atoms with van der Waals surface area (Å²) < 4.78 is 9.96. The van der Waals surface area contributed by atoms with Crippen molar-refractivity contribution in [3.8, 4) is 0 Å². The number of rotatable bonds is 1. The van der Waals surface area contributed by atoms with Crippen LogP contribution in [-0.4, -0.2) is 49.1 Å². The molecule has 0 unspecified atom stereocenters. The normalized spacial score (nSPS) is 17.7. The molecule has 1 saturated heterocycles. The highest BCUT2D eigenvalue weighted by molar-refractivity contribution is 6.63. The van der Waals surface area contributed by atoms with Crippen LogP contribution in [0.3, 0.4) is 0 Å². The molecule has 1 fully saturated rings. The number of aromatic nitrogens is 1. The zero-order valence-corrected chi connectivity index (χ0v) is 9.71. The van der Waals surface area contributed by atoms with Crippen molar-refractivity contribution in [1.82, 2.24) is 9.88 Å². The minimum Gasteiger partial charge on any atom is -0.493 e. The Bertz CT molecular complexity index is 509. The SMILES string of the molecule is CN1CC(=O)OB(c2cccc(=O)[nH]2)OC(=O)C1. The van der Waals surface area contributed by atoms with Gasteiger partial charge in [0, 0.05) is 6.07 Å². The van der Waals surface area contributed by atoms with Crippen molar-refractivity contribution in [2.45, 2.75) is 0 Å². The number of carbonyl (C=O) groups excluding carboxylic acids is 2. The van der Waals surface area contributed by atoms with Gasteiger partial charge >= 0.3 is 19.1 Å². The monoisotopic (exact) mass is 250 g/mol. The van der Waals surface area contributed by atoms with E-state index in [1.807, 2.05) is 0 Å². The second-order valence-electron chi connectivity index (χ2n) is 3.95. The minimum atomic E-state index is -1.20. The largest absolute Gasteiger partial charge is 0.653 e. The van der Waals surface area contributed by atoms with Crippen LogP contribution in [0.2, 0.25) is 0 Å². The van der Waals surface area contributed by atoms with Gasteiger partial charge in [-0.1, -0.05) is 6.07 Å². The average molecular weight is 250 g/mol. The van der Waals surface area contributed by atoms with E-state index in [-0.39, 0.29) is 24.2 Å². The lowest BCUT2D eigenvalue weighted by Gasteiger charge is -2.22. The lowest BCUT2D eigenvalue weighted by molar-refractivity contribution is -0.145. The fraction of sp³-hybridized carbons (Fsp3) is 0.300. The molecule has 1 aliphatic rings. The van der Waals surface area contributed by atoms with Crippen LogP contribution >= 0.6 is 0 Å². The molecule has 1 aromatic rings. The molecular weight excluding hydrogens is 239 g/mol. The molecule has 8 heteroatoms. The molecule has 0 spiro atoms. The van der Waals surface area contributed by atoms with E-state index in [1.54, 1.807) is 7.05 Å². The summed E-state index contributed by atoms with van der Waals surface area (Å²) in [5.41, 5.74) is -0.132. The molecule has 18 heavy (non-hydrogen) atoms. The first kappa shape index (κ1) is 12.4. The minimum absolute atomic E-state index is 0.0112. The molecule has 0 radical (unpaired) electrons. The van der Waals surface area contributed by atoms with E-state index in [1.165, 1.54) is 23.1 Å². The molecule has 0 aliphatic carbocycles. The summed E-state index contributed by atoms with van der Waals surface area (Å²) in [6.07, 6.45) is 0. The zero-order valence-electron chi connectivity index (χ0n) is 9.71. The maximum atomic E-state index is 11.5. The molecule has 0 bridgehead atoms. The topological polar surface area (TPSA) is 88.7 Å². The van der Waals surface area contributed by atoms with E-state index < -0.39 is 19.1 Å². The van der Waals surface area contributed by atoms with Gasteiger partial charge in [-0.25, -0.2) is 0 Å². The highest BCUT2D eigenvalue weighted by atomic mass is 16.6. The molecule has 7 nitrogen and oxygen atoms in total. The summed E-state index contributed by atoms with van der Waals surface area (Å²) >= 11 is 0. The first-order valence-electron chi connectivity index (χ1n) is 5.31. The molecule has 1 N–H and O–H groups in total. The van der Waals surface area contributed by atoms with Gasteiger partial charge in [-0.2, -0.15) is 0 Å². The van der Waals surface area contributed by atoms with Gasteiger partial charge in [0.25, 0.3) is 0 Å². The Labute approximate surface area is 103 Å². The van der Waals surface area contributed by atoms with E-state index >= 15 is 0 Å². The fourth-order valence-electron chi connectivity index (χ4n) is 1.56. The predicted octanol–water partition coefficient (Wildman–Crippen LogP) is -1.90. The summed E-state index contributed by atoms with van der Waals surface area (Å²) in [5, 5.41) is 0. The Hall–Kier alpha value is -2.09. The first-order chi connectivity index (χ1) is 8.54. The molecular formula is C10H11BN2O5. The molecule has 1 aliphatic heterocycles. The third-order valence-corrected chi connectivity index (χ3v) is 2.32. The summed E-state index contributed by atoms with van der Waals surface area (Å²) in [6.45, 7) is -0.0225. The van der Waals surface area contributed by atoms with Gasteiger partial charge in [-0.15, -0.1) is 0 Å². The van der Waals surface area contributed by atoms with Crippen molar-refractivity contribution < 1.29 is 18.9 Å². The van der Waals surface area contributed by atoms with Gasteiger partial charge in [0.1, 0.15) is 0 Å². The molecule has 0 saturated carbocycles. The third kappa shape index (κ3) is 2.98. The molecule has 1 aromatic heterocycles. The number of hydrogen-bond acceptors (Lipinski definition) is 6. The second kappa shape index (κ2) is 5.05. The van der Waals surface area contributed by atoms with Crippen molar-refractivity contribution in [2.75, 3.05) is 20.1 Å². The van der Waals surface area contributed by atoms with Crippen molar-refractivity contribution in [2.24, 2.45) is 0 Å². The van der Waals surface area contributed by atoms with Crippen molar-refractivity contribution in [1.29, 1.82) is 0 Å². The van der Waals surface area contributed by atoms with Gasteiger partial charge < -0.3 is 14.3 Å². The summed E-state index contributed by atoms with van der Waals surface area (Å²) in [7, 11) is 0.403. The van der Waals surface area contributed by atoms with Crippen LogP contribution in [0.1, 0.15) is 0 Å². The second-order valence-corrected chi connectivity index (χ2v) is 3.95. The summed E-state index contributed by atoms with van der Waals surface area (Å²) in [5.74, 6) is -1.06. The van der Waals surface area contributed by atoms with Crippen molar-refractivity contribution >= 4 is 24.7 Å². The van der Waals surface area contributed by atoms with Crippen LogP contribution in [0.4, 0.5) is 0 Å². The van der Waals surface area contributed by atoms with E-state index in [2.05, 4.69) is 4.98 Å². The summed E-state index contributed by atoms with van der Waals surface area (Å²) in [6, 6.07) is 4.31.